The van der Waals surface area contributed by atoms with Gasteiger partial charge in [0.25, 0.3) is 5.91 Å². The highest BCUT2D eigenvalue weighted by molar-refractivity contribution is 7.14. The summed E-state index contributed by atoms with van der Waals surface area (Å²) in [4.78, 5) is 28.5. The number of hydrogen-bond donors (Lipinski definition) is 2. The summed E-state index contributed by atoms with van der Waals surface area (Å²) < 4.78 is 0. The zero-order chi connectivity index (χ0) is 18.7. The highest BCUT2D eigenvalue weighted by Crippen LogP contribution is 2.31. The van der Waals surface area contributed by atoms with E-state index in [-0.39, 0.29) is 5.91 Å². The Hall–Kier alpha value is -2.34. The fourth-order valence-corrected chi connectivity index (χ4v) is 4.32. The van der Waals surface area contributed by atoms with Crippen LogP contribution in [0.25, 0.3) is 0 Å². The van der Waals surface area contributed by atoms with E-state index in [2.05, 4.69) is 24.1 Å². The summed E-state index contributed by atoms with van der Waals surface area (Å²) in [6, 6.07) is 7.26. The molecule has 1 aliphatic rings. The van der Waals surface area contributed by atoms with Gasteiger partial charge in [0, 0.05) is 23.5 Å². The number of nitrogens with zero attached hydrogens (tertiary/aromatic N) is 1. The van der Waals surface area contributed by atoms with Crippen LogP contribution in [0.15, 0.2) is 24.3 Å². The van der Waals surface area contributed by atoms with Crippen LogP contribution >= 0.6 is 11.3 Å². The van der Waals surface area contributed by atoms with Crippen LogP contribution in [0.3, 0.4) is 0 Å². The predicted molar refractivity (Wildman–Crippen MR) is 107 cm³/mol. The largest absolute Gasteiger partial charge is 0.370 e. The number of nitrogens with one attached hydrogen (secondary N) is 1. The van der Waals surface area contributed by atoms with Crippen molar-refractivity contribution in [1.82, 2.24) is 0 Å². The number of benzene rings is 1. The summed E-state index contributed by atoms with van der Waals surface area (Å²) in [5.41, 5.74) is 8.65. The lowest BCUT2D eigenvalue weighted by molar-refractivity contribution is 0.0996. The van der Waals surface area contributed by atoms with E-state index in [0.717, 1.165) is 44.5 Å². The lowest BCUT2D eigenvalue weighted by Gasteiger charge is -2.22. The number of nitrogens with two attached hydrogens (primary N) is 1. The lowest BCUT2D eigenvalue weighted by Crippen LogP contribution is -2.22. The van der Waals surface area contributed by atoms with Gasteiger partial charge in [-0.3, -0.25) is 9.59 Å². The Morgan fingerprint density at radius 2 is 1.96 bits per heavy atom. The normalized spacial score (nSPS) is 13.8. The molecule has 1 saturated heterocycles. The second-order valence-electron chi connectivity index (χ2n) is 6.69. The molecule has 0 saturated carbocycles. The maximum Gasteiger partial charge on any atom is 0.265 e. The Bertz CT molecular complexity index is 822. The maximum absolute atomic E-state index is 12.8. The number of amides is 2. The molecule has 2 amide bonds. The molecule has 0 unspecified atom stereocenters. The zero-order valence-electron chi connectivity index (χ0n) is 15.3. The summed E-state index contributed by atoms with van der Waals surface area (Å²) in [5.74, 6) is -0.631. The molecule has 0 spiro atoms. The van der Waals surface area contributed by atoms with Gasteiger partial charge in [0.05, 0.1) is 16.3 Å². The molecule has 1 aliphatic heterocycles. The van der Waals surface area contributed by atoms with Gasteiger partial charge in [-0.05, 0) is 56.0 Å². The molecule has 2 aromatic rings. The smallest absolute Gasteiger partial charge is 0.265 e. The van der Waals surface area contributed by atoms with Crippen molar-refractivity contribution in [1.29, 1.82) is 0 Å². The lowest BCUT2D eigenvalue weighted by atomic mass is 10.1. The predicted octanol–water partition coefficient (Wildman–Crippen LogP) is 3.96. The first-order valence-electron chi connectivity index (χ1n) is 9.09. The number of hydrogen-bond acceptors (Lipinski definition) is 4. The van der Waals surface area contributed by atoms with Crippen LogP contribution in [0.2, 0.25) is 0 Å². The van der Waals surface area contributed by atoms with Crippen molar-refractivity contribution in [2.45, 2.75) is 39.5 Å². The van der Waals surface area contributed by atoms with Crippen molar-refractivity contribution in [3.05, 3.63) is 45.1 Å². The van der Waals surface area contributed by atoms with Gasteiger partial charge in [-0.25, -0.2) is 0 Å². The molecule has 0 aliphatic carbocycles. The van der Waals surface area contributed by atoms with Gasteiger partial charge in [-0.15, -0.1) is 11.3 Å². The number of thiophene rings is 1. The Balaban J connectivity index is 1.89. The topological polar surface area (TPSA) is 75.4 Å². The van der Waals surface area contributed by atoms with E-state index in [1.807, 2.05) is 12.1 Å². The molecule has 0 radical (unpaired) electrons. The van der Waals surface area contributed by atoms with Crippen molar-refractivity contribution in [2.24, 2.45) is 5.73 Å². The third kappa shape index (κ3) is 3.90. The monoisotopic (exact) mass is 371 g/mol. The quantitative estimate of drug-likeness (QED) is 0.807. The number of primary amides is 1. The van der Waals surface area contributed by atoms with Crippen molar-refractivity contribution in [3.63, 3.8) is 0 Å². The molecule has 1 aromatic carbocycles. The molecule has 0 bridgehead atoms. The first kappa shape index (κ1) is 18.5. The van der Waals surface area contributed by atoms with Crippen LogP contribution < -0.4 is 16.0 Å². The van der Waals surface area contributed by atoms with Gasteiger partial charge in [0.2, 0.25) is 5.91 Å². The van der Waals surface area contributed by atoms with E-state index < -0.39 is 5.91 Å². The van der Waals surface area contributed by atoms with Crippen molar-refractivity contribution >= 4 is 34.5 Å². The van der Waals surface area contributed by atoms with Crippen LogP contribution in [0.1, 0.15) is 56.7 Å². The molecule has 3 N–H and O–H groups in total. The molecule has 0 atom stereocenters. The standard InChI is InChI=1S/C20H25N3O2S/c1-3-6-14-12-18(26-13(14)2)20(25)22-16-11-15(19(21)24)7-8-17(16)23-9-4-5-10-23/h7-8,11-12H,3-6,9-10H2,1-2H3,(H2,21,24)(H,22,25). The van der Waals surface area contributed by atoms with Crippen LogP contribution in [0.5, 0.6) is 0 Å². The molecule has 3 rings (SSSR count). The van der Waals surface area contributed by atoms with Crippen molar-refractivity contribution in [2.75, 3.05) is 23.3 Å². The number of aryl methyl sites for hydroxylation is 2. The molecule has 5 nitrogen and oxygen atoms in total. The number of carbonyl (C=O) groups is 2. The van der Waals surface area contributed by atoms with Gasteiger partial charge in [0.15, 0.2) is 0 Å². The van der Waals surface area contributed by atoms with E-state index in [4.69, 9.17) is 5.73 Å². The average Bonchev–Trinajstić information content (AvgIpc) is 3.26. The van der Waals surface area contributed by atoms with Crippen molar-refractivity contribution in [3.8, 4) is 0 Å². The second kappa shape index (κ2) is 7.91. The summed E-state index contributed by atoms with van der Waals surface area (Å²) in [6.45, 7) is 6.10. The van der Waals surface area contributed by atoms with E-state index in [9.17, 15) is 9.59 Å². The summed E-state index contributed by atoms with van der Waals surface area (Å²) in [6.07, 6.45) is 4.30. The summed E-state index contributed by atoms with van der Waals surface area (Å²) in [5, 5.41) is 3.00. The van der Waals surface area contributed by atoms with Crippen LogP contribution in [-0.2, 0) is 6.42 Å². The third-order valence-corrected chi connectivity index (χ3v) is 5.83. The van der Waals surface area contributed by atoms with Crippen LogP contribution in [0, 0.1) is 6.92 Å². The minimum atomic E-state index is -0.495. The minimum Gasteiger partial charge on any atom is -0.370 e. The van der Waals surface area contributed by atoms with Crippen LogP contribution in [-0.4, -0.2) is 24.9 Å². The number of carbonyl (C=O) groups excluding carboxylic acids is 2. The number of anilines is 2. The van der Waals surface area contributed by atoms with Gasteiger partial charge < -0.3 is 16.0 Å². The second-order valence-corrected chi connectivity index (χ2v) is 7.94. The molecule has 26 heavy (non-hydrogen) atoms. The van der Waals surface area contributed by atoms with Crippen molar-refractivity contribution < 1.29 is 9.59 Å². The Morgan fingerprint density at radius 3 is 2.62 bits per heavy atom. The Kier molecular flexibility index (Phi) is 5.61. The van der Waals surface area contributed by atoms with Gasteiger partial charge >= 0.3 is 0 Å². The minimum absolute atomic E-state index is 0.137. The fraction of sp³-hybridized carbons (Fsp3) is 0.400. The van der Waals surface area contributed by atoms with Gasteiger partial charge in [0.1, 0.15) is 0 Å². The third-order valence-electron chi connectivity index (χ3n) is 4.74. The summed E-state index contributed by atoms with van der Waals surface area (Å²) >= 11 is 1.51. The highest BCUT2D eigenvalue weighted by Gasteiger charge is 2.20. The first-order chi connectivity index (χ1) is 12.5. The fourth-order valence-electron chi connectivity index (χ4n) is 3.36. The average molecular weight is 372 g/mol. The molecule has 6 heteroatoms. The van der Waals surface area contributed by atoms with E-state index in [1.54, 1.807) is 12.1 Å². The zero-order valence-corrected chi connectivity index (χ0v) is 16.1. The van der Waals surface area contributed by atoms with Gasteiger partial charge in [-0.1, -0.05) is 13.3 Å². The molecule has 2 heterocycles. The molecular formula is C20H25N3O2S. The number of rotatable bonds is 6. The highest BCUT2D eigenvalue weighted by atomic mass is 32.1. The van der Waals surface area contributed by atoms with Crippen LogP contribution in [0.4, 0.5) is 11.4 Å². The van der Waals surface area contributed by atoms with E-state index in [0.29, 0.717) is 16.1 Å². The molecule has 138 valence electrons. The SMILES string of the molecule is CCCc1cc(C(=O)Nc2cc(C(N)=O)ccc2N2CCCC2)sc1C. The molecular weight excluding hydrogens is 346 g/mol. The first-order valence-corrected chi connectivity index (χ1v) is 9.90. The Morgan fingerprint density at radius 1 is 1.23 bits per heavy atom. The van der Waals surface area contributed by atoms with Gasteiger partial charge in [-0.2, -0.15) is 0 Å². The molecule has 1 fully saturated rings. The molecule has 1 aromatic heterocycles. The van der Waals surface area contributed by atoms with E-state index >= 15 is 0 Å². The summed E-state index contributed by atoms with van der Waals surface area (Å²) in [7, 11) is 0. The van der Waals surface area contributed by atoms with E-state index in [1.165, 1.54) is 21.8 Å². The Labute approximate surface area is 158 Å². The maximum atomic E-state index is 12.8.